The van der Waals surface area contributed by atoms with Crippen molar-refractivity contribution in [3.8, 4) is 11.8 Å². The minimum atomic E-state index is -0.0819. The van der Waals surface area contributed by atoms with Crippen molar-refractivity contribution in [2.75, 3.05) is 12.3 Å². The zero-order valence-corrected chi connectivity index (χ0v) is 8.92. The summed E-state index contributed by atoms with van der Waals surface area (Å²) in [6.07, 6.45) is 0. The van der Waals surface area contributed by atoms with Crippen LogP contribution in [0.15, 0.2) is 18.2 Å². The average Bonchev–Trinajstić information content (AvgIpc) is 2.17. The van der Waals surface area contributed by atoms with Gasteiger partial charge in [-0.3, -0.25) is 4.79 Å². The summed E-state index contributed by atoms with van der Waals surface area (Å²) in [6.45, 7) is 3.80. The molecule has 1 aromatic rings. The Labute approximate surface area is 89.7 Å². The Morgan fingerprint density at radius 2 is 2.27 bits per heavy atom. The summed E-state index contributed by atoms with van der Waals surface area (Å²) in [5.41, 5.74) is 8.33. The molecule has 15 heavy (non-hydrogen) atoms. The van der Waals surface area contributed by atoms with Gasteiger partial charge in [0.1, 0.15) is 0 Å². The van der Waals surface area contributed by atoms with Gasteiger partial charge in [-0.2, -0.15) is 0 Å². The third kappa shape index (κ3) is 3.74. The first-order valence-electron chi connectivity index (χ1n) is 4.69. The second kappa shape index (κ2) is 5.06. The van der Waals surface area contributed by atoms with Crippen LogP contribution in [0.3, 0.4) is 0 Å². The molecule has 0 unspecified atom stereocenters. The first-order chi connectivity index (χ1) is 7.09. The van der Waals surface area contributed by atoms with Gasteiger partial charge in [0, 0.05) is 18.2 Å². The molecule has 0 aliphatic rings. The van der Waals surface area contributed by atoms with Crippen molar-refractivity contribution < 1.29 is 4.79 Å². The van der Waals surface area contributed by atoms with E-state index in [1.807, 2.05) is 25.1 Å². The molecular formula is C12H14N2O. The van der Waals surface area contributed by atoms with E-state index < -0.39 is 0 Å². The molecule has 0 aromatic heterocycles. The summed E-state index contributed by atoms with van der Waals surface area (Å²) in [6, 6.07) is 5.70. The van der Waals surface area contributed by atoms with E-state index in [9.17, 15) is 4.79 Å². The molecule has 1 amide bonds. The molecule has 0 fully saturated rings. The molecule has 78 valence electrons. The fourth-order valence-corrected chi connectivity index (χ4v) is 1.09. The number of nitrogens with one attached hydrogen (secondary N) is 1. The molecule has 1 aromatic carbocycles. The molecular weight excluding hydrogens is 188 g/mol. The van der Waals surface area contributed by atoms with Crippen LogP contribution < -0.4 is 11.1 Å². The number of hydrogen-bond acceptors (Lipinski definition) is 2. The van der Waals surface area contributed by atoms with E-state index in [0.29, 0.717) is 12.2 Å². The van der Waals surface area contributed by atoms with Crippen LogP contribution in [0, 0.1) is 18.8 Å². The van der Waals surface area contributed by atoms with Crippen LogP contribution in [0.4, 0.5) is 5.69 Å². The molecule has 3 heteroatoms. The number of nitrogen functional groups attached to an aromatic ring is 1. The van der Waals surface area contributed by atoms with Crippen molar-refractivity contribution in [1.82, 2.24) is 5.32 Å². The van der Waals surface area contributed by atoms with Crippen molar-refractivity contribution in [2.24, 2.45) is 0 Å². The van der Waals surface area contributed by atoms with Gasteiger partial charge in [-0.25, -0.2) is 0 Å². The van der Waals surface area contributed by atoms with Crippen molar-refractivity contribution >= 4 is 11.6 Å². The van der Waals surface area contributed by atoms with Crippen molar-refractivity contribution in [2.45, 2.75) is 13.8 Å². The van der Waals surface area contributed by atoms with Gasteiger partial charge in [0.05, 0.1) is 6.54 Å². The molecule has 0 heterocycles. The Morgan fingerprint density at radius 1 is 1.53 bits per heavy atom. The molecule has 3 N–H and O–H groups in total. The summed E-state index contributed by atoms with van der Waals surface area (Å²) in [5, 5.41) is 2.60. The van der Waals surface area contributed by atoms with Gasteiger partial charge in [0.25, 0.3) is 0 Å². The summed E-state index contributed by atoms with van der Waals surface area (Å²) in [4.78, 5) is 10.6. The van der Waals surface area contributed by atoms with E-state index in [1.54, 1.807) is 0 Å². The highest BCUT2D eigenvalue weighted by Crippen LogP contribution is 2.11. The zero-order chi connectivity index (χ0) is 11.3. The highest BCUT2D eigenvalue weighted by molar-refractivity contribution is 5.73. The number of rotatable bonds is 1. The van der Waals surface area contributed by atoms with Gasteiger partial charge in [-0.05, 0) is 24.6 Å². The first kappa shape index (κ1) is 11.1. The Bertz CT molecular complexity index is 427. The summed E-state index contributed by atoms with van der Waals surface area (Å²) >= 11 is 0. The van der Waals surface area contributed by atoms with E-state index in [-0.39, 0.29) is 5.91 Å². The molecule has 0 saturated heterocycles. The zero-order valence-electron chi connectivity index (χ0n) is 8.92. The second-order valence-corrected chi connectivity index (χ2v) is 3.30. The number of nitrogens with two attached hydrogens (primary N) is 1. The molecule has 0 atom stereocenters. The lowest BCUT2D eigenvalue weighted by atomic mass is 10.1. The van der Waals surface area contributed by atoms with Crippen LogP contribution in [0.1, 0.15) is 18.1 Å². The van der Waals surface area contributed by atoms with Gasteiger partial charge >= 0.3 is 0 Å². The maximum atomic E-state index is 10.6. The van der Waals surface area contributed by atoms with Gasteiger partial charge in [0.2, 0.25) is 5.91 Å². The number of carbonyl (C=O) groups excluding carboxylic acids is 1. The minimum absolute atomic E-state index is 0.0819. The van der Waals surface area contributed by atoms with Crippen molar-refractivity contribution in [3.05, 3.63) is 29.3 Å². The number of aryl methyl sites for hydroxylation is 1. The number of carbonyl (C=O) groups is 1. The molecule has 0 saturated carbocycles. The lowest BCUT2D eigenvalue weighted by Gasteiger charge is -1.99. The fraction of sp³-hybridized carbons (Fsp3) is 0.250. The summed E-state index contributed by atoms with van der Waals surface area (Å²) < 4.78 is 0. The number of anilines is 1. The minimum Gasteiger partial charge on any atom is -0.398 e. The highest BCUT2D eigenvalue weighted by atomic mass is 16.1. The SMILES string of the molecule is CC(=O)NCC#Cc1cc(C)ccc1N. The molecule has 0 aliphatic heterocycles. The Balaban J connectivity index is 2.71. The average molecular weight is 202 g/mol. The summed E-state index contributed by atoms with van der Waals surface area (Å²) in [5.74, 6) is 5.68. The lowest BCUT2D eigenvalue weighted by molar-refractivity contribution is -0.118. The quantitative estimate of drug-likeness (QED) is 0.528. The van der Waals surface area contributed by atoms with Gasteiger partial charge in [-0.15, -0.1) is 0 Å². The lowest BCUT2D eigenvalue weighted by Crippen LogP contribution is -2.19. The molecule has 0 bridgehead atoms. The monoisotopic (exact) mass is 202 g/mol. The maximum absolute atomic E-state index is 10.6. The van der Waals surface area contributed by atoms with Crippen LogP contribution >= 0.6 is 0 Å². The first-order valence-corrected chi connectivity index (χ1v) is 4.69. The number of hydrogen-bond donors (Lipinski definition) is 2. The Morgan fingerprint density at radius 3 is 2.93 bits per heavy atom. The van der Waals surface area contributed by atoms with E-state index in [0.717, 1.165) is 11.1 Å². The third-order valence-electron chi connectivity index (χ3n) is 1.86. The smallest absolute Gasteiger partial charge is 0.217 e. The molecule has 0 spiro atoms. The van der Waals surface area contributed by atoms with Crippen LogP contribution in [0.25, 0.3) is 0 Å². The van der Waals surface area contributed by atoms with E-state index in [1.165, 1.54) is 6.92 Å². The van der Waals surface area contributed by atoms with Crippen LogP contribution in [0.5, 0.6) is 0 Å². The largest absolute Gasteiger partial charge is 0.398 e. The van der Waals surface area contributed by atoms with Gasteiger partial charge in [0.15, 0.2) is 0 Å². The predicted octanol–water partition coefficient (Wildman–Crippen LogP) is 1.06. The highest BCUT2D eigenvalue weighted by Gasteiger charge is 1.94. The third-order valence-corrected chi connectivity index (χ3v) is 1.86. The van der Waals surface area contributed by atoms with Crippen LogP contribution in [-0.2, 0) is 4.79 Å². The topological polar surface area (TPSA) is 55.1 Å². The van der Waals surface area contributed by atoms with Gasteiger partial charge in [-0.1, -0.05) is 17.9 Å². The normalized spacial score (nSPS) is 8.93. The van der Waals surface area contributed by atoms with E-state index in [2.05, 4.69) is 17.2 Å². The van der Waals surface area contributed by atoms with Crippen LogP contribution in [0.2, 0.25) is 0 Å². The van der Waals surface area contributed by atoms with Crippen LogP contribution in [-0.4, -0.2) is 12.5 Å². The number of benzene rings is 1. The van der Waals surface area contributed by atoms with Gasteiger partial charge < -0.3 is 11.1 Å². The molecule has 0 aliphatic carbocycles. The van der Waals surface area contributed by atoms with E-state index in [4.69, 9.17) is 5.73 Å². The van der Waals surface area contributed by atoms with E-state index >= 15 is 0 Å². The summed E-state index contributed by atoms with van der Waals surface area (Å²) in [7, 11) is 0. The van der Waals surface area contributed by atoms with Crippen molar-refractivity contribution in [3.63, 3.8) is 0 Å². The molecule has 3 nitrogen and oxygen atoms in total. The predicted molar refractivity (Wildman–Crippen MR) is 61.2 cm³/mol. The number of amides is 1. The Kier molecular flexibility index (Phi) is 3.75. The standard InChI is InChI=1S/C12H14N2O/c1-9-5-6-12(13)11(8-9)4-3-7-14-10(2)15/h5-6,8H,7,13H2,1-2H3,(H,14,15). The Hall–Kier alpha value is -1.95. The van der Waals surface area contributed by atoms with Crippen molar-refractivity contribution in [1.29, 1.82) is 0 Å². The molecule has 0 radical (unpaired) electrons. The molecule has 1 rings (SSSR count). The second-order valence-electron chi connectivity index (χ2n) is 3.30. The fourth-order valence-electron chi connectivity index (χ4n) is 1.09. The maximum Gasteiger partial charge on any atom is 0.217 e.